The second-order valence-corrected chi connectivity index (χ2v) is 2.97. The molecule has 0 atom stereocenters. The lowest BCUT2D eigenvalue weighted by Gasteiger charge is -2.06. The van der Waals surface area contributed by atoms with E-state index in [1.54, 1.807) is 11.8 Å². The Morgan fingerprint density at radius 2 is 2.10 bits per heavy atom. The van der Waals surface area contributed by atoms with E-state index in [4.69, 9.17) is 0 Å². The highest BCUT2D eigenvalue weighted by molar-refractivity contribution is 8.01. The number of rotatable bonds is 0. The van der Waals surface area contributed by atoms with Crippen LogP contribution < -0.4 is 0 Å². The number of benzene rings is 1. The molecule has 2 rings (SSSR count). The van der Waals surface area contributed by atoms with E-state index in [2.05, 4.69) is 30.0 Å². The fraction of sp³-hybridized carbons (Fsp3) is 0. The molecule has 1 aliphatic rings. The van der Waals surface area contributed by atoms with Gasteiger partial charge in [-0.1, -0.05) is 30.4 Å². The second kappa shape index (κ2) is 2.51. The van der Waals surface area contributed by atoms with E-state index in [1.807, 2.05) is 12.1 Å². The summed E-state index contributed by atoms with van der Waals surface area (Å²) in [5, 5.41) is 0. The number of hydrogen-bond acceptors (Lipinski definition) is 1. The van der Waals surface area contributed by atoms with Gasteiger partial charge in [0.05, 0.1) is 5.75 Å². The molecule has 48 valence electrons. The Labute approximate surface area is 65.0 Å². The summed E-state index contributed by atoms with van der Waals surface area (Å²) < 4.78 is 0. The Morgan fingerprint density at radius 3 is 3.00 bits per heavy atom. The molecular weight excluding hydrogens is 140 g/mol. The smallest absolute Gasteiger partial charge is 0.0794 e. The quantitative estimate of drug-likeness (QED) is 0.542. The third kappa shape index (κ3) is 0.971. The van der Waals surface area contributed by atoms with Gasteiger partial charge in [-0.2, -0.15) is 0 Å². The number of fused-ring (bicyclic) bond motifs is 1. The van der Waals surface area contributed by atoms with E-state index in [0.29, 0.717) is 0 Å². The van der Waals surface area contributed by atoms with Crippen molar-refractivity contribution in [2.24, 2.45) is 0 Å². The van der Waals surface area contributed by atoms with Crippen LogP contribution in [0.1, 0.15) is 5.56 Å². The molecule has 0 saturated heterocycles. The van der Waals surface area contributed by atoms with E-state index in [0.717, 1.165) is 0 Å². The predicted octanol–water partition coefficient (Wildman–Crippen LogP) is 2.84. The van der Waals surface area contributed by atoms with Crippen molar-refractivity contribution in [1.29, 1.82) is 0 Å². The summed E-state index contributed by atoms with van der Waals surface area (Å²) in [6.45, 7) is 0. The predicted molar refractivity (Wildman–Crippen MR) is 44.6 cm³/mol. The summed E-state index contributed by atoms with van der Waals surface area (Å²) in [4.78, 5) is 1.30. The molecule has 0 bridgehead atoms. The maximum Gasteiger partial charge on any atom is 0.0794 e. The topological polar surface area (TPSA) is 0 Å². The molecule has 1 heteroatoms. The van der Waals surface area contributed by atoms with Gasteiger partial charge in [0, 0.05) is 4.90 Å². The van der Waals surface area contributed by atoms with Crippen LogP contribution in [0.2, 0.25) is 0 Å². The molecule has 1 aromatic carbocycles. The third-order valence-electron chi connectivity index (χ3n) is 1.42. The summed E-state index contributed by atoms with van der Waals surface area (Å²) >= 11 is 1.65. The van der Waals surface area contributed by atoms with Crippen LogP contribution in [-0.2, 0) is 0 Å². The minimum atomic E-state index is 1.30. The normalized spacial score (nSPS) is 14.8. The minimum absolute atomic E-state index is 1.30. The summed E-state index contributed by atoms with van der Waals surface area (Å²) in [6.07, 6.45) is 4.03. The van der Waals surface area contributed by atoms with Gasteiger partial charge in [-0.05, 0) is 11.6 Å². The third-order valence-corrected chi connectivity index (χ3v) is 2.26. The maximum atomic E-state index is 3.08. The largest absolute Gasteiger partial charge is 0.111 e. The zero-order chi connectivity index (χ0) is 6.81. The van der Waals surface area contributed by atoms with Crippen LogP contribution in [0, 0.1) is 5.75 Å². The molecule has 0 amide bonds. The molecule has 0 saturated carbocycles. The van der Waals surface area contributed by atoms with E-state index in [-0.39, 0.29) is 0 Å². The minimum Gasteiger partial charge on any atom is -0.111 e. The van der Waals surface area contributed by atoms with E-state index < -0.39 is 0 Å². The van der Waals surface area contributed by atoms with Crippen molar-refractivity contribution in [3.8, 4) is 0 Å². The van der Waals surface area contributed by atoms with Crippen molar-refractivity contribution in [2.45, 2.75) is 4.90 Å². The molecule has 2 radical (unpaired) electrons. The highest BCUT2D eigenvalue weighted by atomic mass is 32.2. The first kappa shape index (κ1) is 6.05. The van der Waals surface area contributed by atoms with Gasteiger partial charge < -0.3 is 0 Å². The SMILES string of the molecule is [C]1C=Cc2ccccc2S1. The molecule has 0 spiro atoms. The Bertz CT molecular complexity index is 263. The lowest BCUT2D eigenvalue weighted by Crippen LogP contribution is -1.81. The van der Waals surface area contributed by atoms with Crippen molar-refractivity contribution >= 4 is 17.8 Å². The zero-order valence-electron chi connectivity index (χ0n) is 5.37. The van der Waals surface area contributed by atoms with E-state index >= 15 is 0 Å². The standard InChI is InChI=1S/C9H6S/c1-2-6-9-8(4-1)5-3-7-10-9/h1-6H. The van der Waals surface area contributed by atoms with Crippen LogP contribution in [0.15, 0.2) is 35.2 Å². The fourth-order valence-corrected chi connectivity index (χ4v) is 1.60. The van der Waals surface area contributed by atoms with Crippen LogP contribution in [0.3, 0.4) is 0 Å². The van der Waals surface area contributed by atoms with Crippen LogP contribution >= 0.6 is 11.8 Å². The number of thioether (sulfide) groups is 1. The Kier molecular flexibility index (Phi) is 1.52. The summed E-state index contributed by atoms with van der Waals surface area (Å²) in [7, 11) is 0. The van der Waals surface area contributed by atoms with E-state index in [9.17, 15) is 0 Å². The van der Waals surface area contributed by atoms with Gasteiger partial charge in [-0.25, -0.2) is 0 Å². The van der Waals surface area contributed by atoms with Crippen LogP contribution in [0.25, 0.3) is 6.08 Å². The first-order valence-corrected chi connectivity index (χ1v) is 3.96. The Balaban J connectivity index is 2.54. The summed E-state index contributed by atoms with van der Waals surface area (Å²) in [6, 6.07) is 8.32. The van der Waals surface area contributed by atoms with Gasteiger partial charge >= 0.3 is 0 Å². The zero-order valence-corrected chi connectivity index (χ0v) is 6.19. The van der Waals surface area contributed by atoms with Crippen molar-refractivity contribution in [3.63, 3.8) is 0 Å². The first-order valence-electron chi connectivity index (χ1n) is 3.15. The maximum absolute atomic E-state index is 3.08. The van der Waals surface area contributed by atoms with Crippen LogP contribution in [-0.4, -0.2) is 0 Å². The Morgan fingerprint density at radius 1 is 1.20 bits per heavy atom. The van der Waals surface area contributed by atoms with Crippen LogP contribution in [0.4, 0.5) is 0 Å². The molecule has 0 fully saturated rings. The first-order chi connectivity index (χ1) is 4.97. The molecule has 0 N–H and O–H groups in total. The summed E-state index contributed by atoms with van der Waals surface area (Å²) in [5.41, 5.74) is 1.30. The molecule has 0 nitrogen and oxygen atoms in total. The van der Waals surface area contributed by atoms with Gasteiger partial charge in [-0.15, -0.1) is 11.8 Å². The molecule has 1 aromatic rings. The lowest BCUT2D eigenvalue weighted by molar-refractivity contribution is 1.42. The molecule has 0 aromatic heterocycles. The molecular formula is C9H6S. The van der Waals surface area contributed by atoms with Crippen molar-refractivity contribution in [2.75, 3.05) is 0 Å². The molecule has 1 aliphatic heterocycles. The highest BCUT2D eigenvalue weighted by Gasteiger charge is 2.01. The number of hydrogen-bond donors (Lipinski definition) is 0. The van der Waals surface area contributed by atoms with E-state index in [1.165, 1.54) is 10.5 Å². The van der Waals surface area contributed by atoms with Gasteiger partial charge in [0.1, 0.15) is 0 Å². The molecule has 0 unspecified atom stereocenters. The van der Waals surface area contributed by atoms with Crippen molar-refractivity contribution < 1.29 is 0 Å². The van der Waals surface area contributed by atoms with Crippen LogP contribution in [0.5, 0.6) is 0 Å². The molecule has 0 aliphatic carbocycles. The van der Waals surface area contributed by atoms with Gasteiger partial charge in [0.15, 0.2) is 0 Å². The van der Waals surface area contributed by atoms with Crippen molar-refractivity contribution in [1.82, 2.24) is 0 Å². The molecule has 1 heterocycles. The van der Waals surface area contributed by atoms with Gasteiger partial charge in [0.2, 0.25) is 0 Å². The lowest BCUT2D eigenvalue weighted by atomic mass is 10.2. The monoisotopic (exact) mass is 146 g/mol. The highest BCUT2D eigenvalue weighted by Crippen LogP contribution is 2.30. The summed E-state index contributed by atoms with van der Waals surface area (Å²) in [5.74, 6) is 3.08. The fourth-order valence-electron chi connectivity index (χ4n) is 0.932. The van der Waals surface area contributed by atoms with Gasteiger partial charge in [0.25, 0.3) is 0 Å². The Hall–Kier alpha value is -0.690. The van der Waals surface area contributed by atoms with Crippen molar-refractivity contribution in [3.05, 3.63) is 41.7 Å². The molecule has 10 heavy (non-hydrogen) atoms. The average Bonchev–Trinajstić information content (AvgIpc) is 2.05. The van der Waals surface area contributed by atoms with Gasteiger partial charge in [-0.3, -0.25) is 0 Å². The second-order valence-electron chi connectivity index (χ2n) is 2.09. The average molecular weight is 146 g/mol.